The van der Waals surface area contributed by atoms with Gasteiger partial charge in [0.15, 0.2) is 0 Å². The first-order valence-electron chi connectivity index (χ1n) is 6.77. The Morgan fingerprint density at radius 1 is 1.38 bits per heavy atom. The molecule has 0 radical (unpaired) electrons. The van der Waals surface area contributed by atoms with Crippen molar-refractivity contribution in [2.24, 2.45) is 5.73 Å². The number of nitrogens with one attached hydrogen (secondary N) is 1. The smallest absolute Gasteiger partial charge is 0.248 e. The van der Waals surface area contributed by atoms with Crippen molar-refractivity contribution in [1.29, 1.82) is 0 Å². The van der Waals surface area contributed by atoms with E-state index in [1.165, 1.54) is 6.07 Å². The van der Waals surface area contributed by atoms with Crippen LogP contribution < -0.4 is 11.1 Å². The van der Waals surface area contributed by atoms with E-state index in [4.69, 9.17) is 10.2 Å². The van der Waals surface area contributed by atoms with Gasteiger partial charge in [-0.2, -0.15) is 0 Å². The van der Waals surface area contributed by atoms with E-state index < -0.39 is 11.7 Å². The summed E-state index contributed by atoms with van der Waals surface area (Å²) in [6, 6.07) is 6.28. The second-order valence-corrected chi connectivity index (χ2v) is 5.14. The van der Waals surface area contributed by atoms with Gasteiger partial charge >= 0.3 is 0 Å². The zero-order chi connectivity index (χ0) is 15.6. The van der Waals surface area contributed by atoms with Gasteiger partial charge in [0.05, 0.1) is 0 Å². The summed E-state index contributed by atoms with van der Waals surface area (Å²) in [6.45, 7) is 6.15. The number of benzene rings is 1. The predicted molar refractivity (Wildman–Crippen MR) is 78.4 cm³/mol. The van der Waals surface area contributed by atoms with Gasteiger partial charge in [0.1, 0.15) is 17.3 Å². The van der Waals surface area contributed by atoms with Crippen LogP contribution in [0.2, 0.25) is 0 Å². The summed E-state index contributed by atoms with van der Waals surface area (Å²) in [7, 11) is 0. The van der Waals surface area contributed by atoms with Gasteiger partial charge in [-0.15, -0.1) is 0 Å². The minimum absolute atomic E-state index is 0.0395. The quantitative estimate of drug-likeness (QED) is 0.889. The van der Waals surface area contributed by atoms with E-state index in [1.54, 1.807) is 6.07 Å². The molecule has 0 aliphatic carbocycles. The normalized spacial score (nSPS) is 12.4. The first kappa shape index (κ1) is 15.3. The summed E-state index contributed by atoms with van der Waals surface area (Å²) in [6.07, 6.45) is 0. The zero-order valence-corrected chi connectivity index (χ0v) is 12.4. The number of aryl methyl sites for hydroxylation is 2. The number of furan rings is 1. The molecule has 1 heterocycles. The maximum absolute atomic E-state index is 13.9. The lowest BCUT2D eigenvalue weighted by molar-refractivity contribution is 0.1000. The van der Waals surface area contributed by atoms with Crippen LogP contribution in [-0.2, 0) is 6.54 Å². The largest absolute Gasteiger partial charge is 0.466 e. The molecule has 112 valence electrons. The van der Waals surface area contributed by atoms with Gasteiger partial charge in [0, 0.05) is 29.3 Å². The summed E-state index contributed by atoms with van der Waals surface area (Å²) >= 11 is 0. The van der Waals surface area contributed by atoms with Crippen LogP contribution in [0.3, 0.4) is 0 Å². The fourth-order valence-electron chi connectivity index (χ4n) is 2.30. The Balaban J connectivity index is 2.06. The van der Waals surface area contributed by atoms with E-state index in [2.05, 4.69) is 5.32 Å². The molecule has 0 aliphatic rings. The summed E-state index contributed by atoms with van der Waals surface area (Å²) in [5, 5.41) is 3.24. The molecule has 5 heteroatoms. The summed E-state index contributed by atoms with van der Waals surface area (Å²) in [5.41, 5.74) is 6.84. The molecule has 2 rings (SSSR count). The van der Waals surface area contributed by atoms with Crippen molar-refractivity contribution in [3.8, 4) is 0 Å². The van der Waals surface area contributed by atoms with Crippen molar-refractivity contribution >= 4 is 5.91 Å². The Bertz CT molecular complexity index is 664. The van der Waals surface area contributed by atoms with Crippen molar-refractivity contribution in [2.45, 2.75) is 33.4 Å². The minimum Gasteiger partial charge on any atom is -0.466 e. The van der Waals surface area contributed by atoms with Crippen molar-refractivity contribution < 1.29 is 13.6 Å². The molecule has 1 aromatic heterocycles. The molecule has 1 aromatic carbocycles. The molecule has 2 aromatic rings. The second kappa shape index (κ2) is 6.10. The number of rotatable bonds is 5. The van der Waals surface area contributed by atoms with Crippen molar-refractivity contribution in [2.75, 3.05) is 0 Å². The topological polar surface area (TPSA) is 68.3 Å². The SMILES string of the molecule is Cc1cc(C(C)NCc2ccc(C(N)=O)cc2F)c(C)o1. The Morgan fingerprint density at radius 3 is 2.62 bits per heavy atom. The van der Waals surface area contributed by atoms with E-state index in [-0.39, 0.29) is 11.6 Å². The highest BCUT2D eigenvalue weighted by atomic mass is 19.1. The van der Waals surface area contributed by atoms with Crippen LogP contribution in [0.5, 0.6) is 0 Å². The van der Waals surface area contributed by atoms with Crippen LogP contribution in [0.25, 0.3) is 0 Å². The first-order valence-corrected chi connectivity index (χ1v) is 6.77. The van der Waals surface area contributed by atoms with Crippen LogP contribution >= 0.6 is 0 Å². The highest BCUT2D eigenvalue weighted by Gasteiger charge is 2.13. The average molecular weight is 290 g/mol. The van der Waals surface area contributed by atoms with Crippen molar-refractivity contribution in [3.05, 3.63) is 58.3 Å². The molecule has 0 spiro atoms. The van der Waals surface area contributed by atoms with Gasteiger partial charge in [-0.25, -0.2) is 4.39 Å². The summed E-state index contributed by atoms with van der Waals surface area (Å²) in [5.74, 6) is 0.641. The van der Waals surface area contributed by atoms with Crippen molar-refractivity contribution in [1.82, 2.24) is 5.32 Å². The number of nitrogens with two attached hydrogens (primary N) is 1. The maximum atomic E-state index is 13.9. The standard InChI is InChI=1S/C16H19FN2O2/c1-9-6-14(11(3)21-9)10(2)19-8-13-5-4-12(16(18)20)7-15(13)17/h4-7,10,19H,8H2,1-3H3,(H2,18,20). The Hall–Kier alpha value is -2.14. The van der Waals surface area contributed by atoms with E-state index in [1.807, 2.05) is 26.8 Å². The van der Waals surface area contributed by atoms with Crippen LogP contribution in [0, 0.1) is 19.7 Å². The van der Waals surface area contributed by atoms with E-state index in [0.29, 0.717) is 12.1 Å². The maximum Gasteiger partial charge on any atom is 0.248 e. The highest BCUT2D eigenvalue weighted by Crippen LogP contribution is 2.21. The lowest BCUT2D eigenvalue weighted by atomic mass is 10.1. The van der Waals surface area contributed by atoms with Gasteiger partial charge in [-0.05, 0) is 39.0 Å². The lowest BCUT2D eigenvalue weighted by Crippen LogP contribution is -2.19. The third-order valence-electron chi connectivity index (χ3n) is 3.48. The predicted octanol–water partition coefficient (Wildman–Crippen LogP) is 2.99. The monoisotopic (exact) mass is 290 g/mol. The average Bonchev–Trinajstić information content (AvgIpc) is 2.75. The van der Waals surface area contributed by atoms with Crippen LogP contribution in [0.1, 0.15) is 46.0 Å². The molecule has 4 nitrogen and oxygen atoms in total. The fraction of sp³-hybridized carbons (Fsp3) is 0.312. The van der Waals surface area contributed by atoms with Crippen molar-refractivity contribution in [3.63, 3.8) is 0 Å². The third kappa shape index (κ3) is 3.49. The molecule has 0 bridgehead atoms. The molecule has 1 atom stereocenters. The third-order valence-corrected chi connectivity index (χ3v) is 3.48. The molecule has 21 heavy (non-hydrogen) atoms. The molecule has 3 N–H and O–H groups in total. The molecule has 1 amide bonds. The number of halogens is 1. The molecular weight excluding hydrogens is 271 g/mol. The highest BCUT2D eigenvalue weighted by molar-refractivity contribution is 5.92. The first-order chi connectivity index (χ1) is 9.88. The molecule has 1 unspecified atom stereocenters. The van der Waals surface area contributed by atoms with Gasteiger partial charge in [-0.3, -0.25) is 4.79 Å². The summed E-state index contributed by atoms with van der Waals surface area (Å²) in [4.78, 5) is 11.0. The number of amides is 1. The number of carbonyl (C=O) groups is 1. The number of carbonyl (C=O) groups excluding carboxylic acids is 1. The van der Waals surface area contributed by atoms with E-state index in [9.17, 15) is 9.18 Å². The Labute approximate surface area is 123 Å². The molecular formula is C16H19FN2O2. The molecule has 0 aliphatic heterocycles. The van der Waals surface area contributed by atoms with Crippen LogP contribution in [-0.4, -0.2) is 5.91 Å². The fourth-order valence-corrected chi connectivity index (χ4v) is 2.30. The molecule has 0 saturated heterocycles. The number of hydrogen-bond acceptors (Lipinski definition) is 3. The van der Waals surface area contributed by atoms with E-state index in [0.717, 1.165) is 23.2 Å². The minimum atomic E-state index is -0.633. The van der Waals surface area contributed by atoms with Gasteiger partial charge in [-0.1, -0.05) is 6.07 Å². The van der Waals surface area contributed by atoms with Gasteiger partial charge in [0.25, 0.3) is 0 Å². The molecule has 0 fully saturated rings. The van der Waals surface area contributed by atoms with Crippen LogP contribution in [0.4, 0.5) is 4.39 Å². The molecule has 0 saturated carbocycles. The van der Waals surface area contributed by atoms with Gasteiger partial charge < -0.3 is 15.5 Å². The summed E-state index contributed by atoms with van der Waals surface area (Å²) < 4.78 is 19.4. The van der Waals surface area contributed by atoms with E-state index >= 15 is 0 Å². The zero-order valence-electron chi connectivity index (χ0n) is 12.4. The van der Waals surface area contributed by atoms with Crippen LogP contribution in [0.15, 0.2) is 28.7 Å². The lowest BCUT2D eigenvalue weighted by Gasteiger charge is -2.14. The number of primary amides is 1. The Morgan fingerprint density at radius 2 is 2.10 bits per heavy atom. The number of hydrogen-bond donors (Lipinski definition) is 2. The second-order valence-electron chi connectivity index (χ2n) is 5.14. The Kier molecular flexibility index (Phi) is 4.43. The van der Waals surface area contributed by atoms with Gasteiger partial charge in [0.2, 0.25) is 5.91 Å².